The van der Waals surface area contributed by atoms with Gasteiger partial charge in [-0.25, -0.2) is 0 Å². The molecule has 0 aliphatic heterocycles. The molecule has 1 atom stereocenters. The number of hydrogen-bond acceptors (Lipinski definition) is 3. The number of thiocarbonyl (C=S) groups is 1. The number of rotatable bonds is 8. The minimum Gasteiger partial charge on any atom is -0.392 e. The fourth-order valence-corrected chi connectivity index (χ4v) is 2.31. The third-order valence-electron chi connectivity index (χ3n) is 3.30. The molecule has 0 aliphatic carbocycles. The first-order valence-corrected chi connectivity index (χ1v) is 7.35. The summed E-state index contributed by atoms with van der Waals surface area (Å²) in [7, 11) is 0. The van der Waals surface area contributed by atoms with E-state index in [1.807, 2.05) is 30.3 Å². The number of carbonyl (C=O) groups excluding carboxylic acids is 1. The maximum Gasteiger partial charge on any atom is 0.234 e. The fourth-order valence-electron chi connectivity index (χ4n) is 2.07. The predicted octanol–water partition coefficient (Wildman–Crippen LogP) is 1.51. The zero-order valence-corrected chi connectivity index (χ0v) is 13.0. The molecule has 0 heterocycles. The molecule has 1 amide bonds. The molecule has 0 spiro atoms. The molecule has 5 heteroatoms. The van der Waals surface area contributed by atoms with Gasteiger partial charge in [-0.1, -0.05) is 56.4 Å². The quantitative estimate of drug-likeness (QED) is 0.714. The van der Waals surface area contributed by atoms with Crippen molar-refractivity contribution in [2.75, 3.05) is 26.2 Å². The molecule has 0 fully saturated rings. The maximum absolute atomic E-state index is 12.2. The molecule has 1 aromatic carbocycles. The van der Waals surface area contributed by atoms with E-state index in [1.54, 1.807) is 0 Å². The van der Waals surface area contributed by atoms with E-state index in [4.69, 9.17) is 18.0 Å². The van der Waals surface area contributed by atoms with Crippen molar-refractivity contribution in [3.8, 4) is 0 Å². The van der Waals surface area contributed by atoms with Gasteiger partial charge in [0.25, 0.3) is 0 Å². The zero-order valence-electron chi connectivity index (χ0n) is 12.1. The second-order valence-electron chi connectivity index (χ2n) is 4.56. The van der Waals surface area contributed by atoms with Gasteiger partial charge in [0.05, 0.1) is 4.99 Å². The van der Waals surface area contributed by atoms with E-state index in [0.717, 1.165) is 25.2 Å². The van der Waals surface area contributed by atoms with Crippen LogP contribution in [0.3, 0.4) is 0 Å². The van der Waals surface area contributed by atoms with Gasteiger partial charge in [-0.05, 0) is 18.7 Å². The molecule has 1 unspecified atom stereocenters. The van der Waals surface area contributed by atoms with E-state index in [9.17, 15) is 4.79 Å². The summed E-state index contributed by atoms with van der Waals surface area (Å²) in [6.07, 6.45) is 0. The maximum atomic E-state index is 12.2. The van der Waals surface area contributed by atoms with Crippen LogP contribution in [0.25, 0.3) is 0 Å². The smallest absolute Gasteiger partial charge is 0.234 e. The summed E-state index contributed by atoms with van der Waals surface area (Å²) in [6.45, 7) is 7.60. The molecule has 0 saturated heterocycles. The number of hydrogen-bond donors (Lipinski definition) is 2. The molecular weight excluding hydrogens is 270 g/mol. The Bertz CT molecular complexity index is 432. The van der Waals surface area contributed by atoms with Crippen LogP contribution in [0.2, 0.25) is 0 Å². The van der Waals surface area contributed by atoms with Crippen LogP contribution in [0.15, 0.2) is 30.3 Å². The van der Waals surface area contributed by atoms with Crippen LogP contribution < -0.4 is 11.1 Å². The Morgan fingerprint density at radius 1 is 1.30 bits per heavy atom. The van der Waals surface area contributed by atoms with Crippen LogP contribution >= 0.6 is 12.2 Å². The Morgan fingerprint density at radius 2 is 1.90 bits per heavy atom. The summed E-state index contributed by atoms with van der Waals surface area (Å²) in [4.78, 5) is 14.7. The van der Waals surface area contributed by atoms with Gasteiger partial charge >= 0.3 is 0 Å². The summed E-state index contributed by atoms with van der Waals surface area (Å²) >= 11 is 5.03. The molecule has 0 aromatic heterocycles. The van der Waals surface area contributed by atoms with Crippen molar-refractivity contribution < 1.29 is 4.79 Å². The third-order valence-corrected chi connectivity index (χ3v) is 3.54. The van der Waals surface area contributed by atoms with Crippen molar-refractivity contribution >= 4 is 23.1 Å². The largest absolute Gasteiger partial charge is 0.392 e. The first-order chi connectivity index (χ1) is 9.60. The molecule has 110 valence electrons. The Morgan fingerprint density at radius 3 is 2.40 bits per heavy atom. The van der Waals surface area contributed by atoms with E-state index in [-0.39, 0.29) is 10.9 Å². The number of nitrogens with one attached hydrogen (secondary N) is 1. The van der Waals surface area contributed by atoms with Crippen molar-refractivity contribution in [3.63, 3.8) is 0 Å². The van der Waals surface area contributed by atoms with Crippen LogP contribution in [-0.4, -0.2) is 42.0 Å². The Kier molecular flexibility index (Phi) is 7.18. The minimum atomic E-state index is -0.553. The van der Waals surface area contributed by atoms with Crippen molar-refractivity contribution in [3.05, 3.63) is 35.9 Å². The Balaban J connectivity index is 2.60. The molecule has 4 nitrogen and oxygen atoms in total. The van der Waals surface area contributed by atoms with E-state index >= 15 is 0 Å². The van der Waals surface area contributed by atoms with Crippen molar-refractivity contribution in [1.29, 1.82) is 0 Å². The summed E-state index contributed by atoms with van der Waals surface area (Å²) in [5.74, 6) is -0.682. The topological polar surface area (TPSA) is 58.4 Å². The molecule has 0 saturated carbocycles. The highest BCUT2D eigenvalue weighted by Gasteiger charge is 2.22. The average molecular weight is 293 g/mol. The highest BCUT2D eigenvalue weighted by atomic mass is 32.1. The SMILES string of the molecule is CCN(CC)CCNC(=O)C(C(N)=S)c1ccccc1. The lowest BCUT2D eigenvalue weighted by Gasteiger charge is -2.20. The van der Waals surface area contributed by atoms with Crippen LogP contribution in [0, 0.1) is 0 Å². The third kappa shape index (κ3) is 4.90. The van der Waals surface area contributed by atoms with Gasteiger partial charge in [-0.15, -0.1) is 0 Å². The van der Waals surface area contributed by atoms with Gasteiger partial charge in [0, 0.05) is 13.1 Å². The number of benzene rings is 1. The predicted molar refractivity (Wildman–Crippen MR) is 86.8 cm³/mol. The second kappa shape index (κ2) is 8.66. The lowest BCUT2D eigenvalue weighted by atomic mass is 9.98. The van der Waals surface area contributed by atoms with Crippen molar-refractivity contribution in [2.24, 2.45) is 5.73 Å². The van der Waals surface area contributed by atoms with Crippen molar-refractivity contribution in [2.45, 2.75) is 19.8 Å². The zero-order chi connectivity index (χ0) is 15.0. The van der Waals surface area contributed by atoms with Crippen LogP contribution in [-0.2, 0) is 4.79 Å². The standard InChI is InChI=1S/C15H23N3OS/c1-3-18(4-2)11-10-17-15(19)13(14(16)20)12-8-6-5-7-9-12/h5-9,13H,3-4,10-11H2,1-2H3,(H2,16,20)(H,17,19). The van der Waals surface area contributed by atoms with Gasteiger partial charge in [0.15, 0.2) is 0 Å². The molecular formula is C15H23N3OS. The van der Waals surface area contributed by atoms with Gasteiger partial charge in [-0.3, -0.25) is 4.79 Å². The summed E-state index contributed by atoms with van der Waals surface area (Å²) in [6, 6.07) is 9.40. The minimum absolute atomic E-state index is 0.129. The Hall–Kier alpha value is -1.46. The highest BCUT2D eigenvalue weighted by Crippen LogP contribution is 2.15. The first kappa shape index (κ1) is 16.6. The number of nitrogens with two attached hydrogens (primary N) is 1. The van der Waals surface area contributed by atoms with Crippen LogP contribution in [0.4, 0.5) is 0 Å². The van der Waals surface area contributed by atoms with E-state index in [2.05, 4.69) is 24.1 Å². The van der Waals surface area contributed by atoms with Gasteiger partial charge in [0.2, 0.25) is 5.91 Å². The summed E-state index contributed by atoms with van der Waals surface area (Å²) in [5.41, 5.74) is 6.55. The molecule has 20 heavy (non-hydrogen) atoms. The molecule has 0 radical (unpaired) electrons. The monoisotopic (exact) mass is 293 g/mol. The van der Waals surface area contributed by atoms with Gasteiger partial charge in [-0.2, -0.15) is 0 Å². The number of amides is 1. The average Bonchev–Trinajstić information content (AvgIpc) is 2.44. The van der Waals surface area contributed by atoms with Gasteiger partial charge < -0.3 is 16.0 Å². The fraction of sp³-hybridized carbons (Fsp3) is 0.467. The molecule has 1 rings (SSSR count). The highest BCUT2D eigenvalue weighted by molar-refractivity contribution is 7.80. The van der Waals surface area contributed by atoms with Crippen LogP contribution in [0.5, 0.6) is 0 Å². The first-order valence-electron chi connectivity index (χ1n) is 6.94. The summed E-state index contributed by atoms with van der Waals surface area (Å²) in [5, 5.41) is 2.91. The molecule has 1 aromatic rings. The molecule has 0 bridgehead atoms. The number of carbonyl (C=O) groups is 1. The second-order valence-corrected chi connectivity index (χ2v) is 5.04. The van der Waals surface area contributed by atoms with E-state index < -0.39 is 5.92 Å². The lowest BCUT2D eigenvalue weighted by Crippen LogP contribution is -2.40. The number of nitrogens with zero attached hydrogens (tertiary/aromatic N) is 1. The molecule has 0 aliphatic rings. The van der Waals surface area contributed by atoms with Crippen molar-refractivity contribution in [1.82, 2.24) is 10.2 Å². The summed E-state index contributed by atoms with van der Waals surface area (Å²) < 4.78 is 0. The van der Waals surface area contributed by atoms with Crippen LogP contribution in [0.1, 0.15) is 25.3 Å². The lowest BCUT2D eigenvalue weighted by molar-refractivity contribution is -0.121. The van der Waals surface area contributed by atoms with E-state index in [1.165, 1.54) is 0 Å². The Labute approximate surface area is 126 Å². The molecule has 3 N–H and O–H groups in total. The normalized spacial score (nSPS) is 12.2. The number of likely N-dealkylation sites (N-methyl/N-ethyl adjacent to an activating group) is 1. The van der Waals surface area contributed by atoms with Gasteiger partial charge in [0.1, 0.15) is 5.92 Å². The van der Waals surface area contributed by atoms with E-state index in [0.29, 0.717) is 6.54 Å².